The van der Waals surface area contributed by atoms with Crippen molar-refractivity contribution in [1.82, 2.24) is 9.78 Å². The van der Waals surface area contributed by atoms with Crippen LogP contribution in [-0.4, -0.2) is 39.9 Å². The van der Waals surface area contributed by atoms with Crippen LogP contribution >= 0.6 is 0 Å². The lowest BCUT2D eigenvalue weighted by Crippen LogP contribution is -2.53. The van der Waals surface area contributed by atoms with Gasteiger partial charge in [0.25, 0.3) is 5.91 Å². The minimum atomic E-state index is -0.845. The Kier molecular flexibility index (Phi) is 8.60. The average molecular weight is 477 g/mol. The average Bonchev–Trinajstić information content (AvgIpc) is 3.21. The maximum atomic E-state index is 14.1. The van der Waals surface area contributed by atoms with Gasteiger partial charge in [-0.1, -0.05) is 69.7 Å². The van der Waals surface area contributed by atoms with Gasteiger partial charge in [0, 0.05) is 24.7 Å². The number of nitrogens with zero attached hydrogens (tertiary/aromatic N) is 3. The smallest absolute Gasteiger partial charge is 0.261 e. The molecule has 0 saturated heterocycles. The Morgan fingerprint density at radius 3 is 2.54 bits per heavy atom. The Balaban J connectivity index is 2.22. The molecular weight excluding hydrogens is 436 g/mol. The van der Waals surface area contributed by atoms with Gasteiger partial charge in [-0.15, -0.1) is 0 Å². The highest BCUT2D eigenvalue weighted by molar-refractivity contribution is 5.99. The molecule has 0 fully saturated rings. The summed E-state index contributed by atoms with van der Waals surface area (Å²) in [5.41, 5.74) is 2.67. The van der Waals surface area contributed by atoms with Gasteiger partial charge < -0.3 is 15.3 Å². The third-order valence-electron chi connectivity index (χ3n) is 6.94. The lowest BCUT2D eigenvalue weighted by Gasteiger charge is -2.40. The van der Waals surface area contributed by atoms with Crippen molar-refractivity contribution < 1.29 is 9.90 Å². The summed E-state index contributed by atoms with van der Waals surface area (Å²) in [6.45, 7) is 16.0. The van der Waals surface area contributed by atoms with E-state index in [-0.39, 0.29) is 17.7 Å². The first kappa shape index (κ1) is 26.3. The number of hydrogen-bond donors (Lipinski definition) is 2. The van der Waals surface area contributed by atoms with E-state index >= 15 is 0 Å². The second kappa shape index (κ2) is 11.4. The van der Waals surface area contributed by atoms with Crippen LogP contribution < -0.4 is 10.2 Å². The first-order chi connectivity index (χ1) is 16.8. The molecule has 1 unspecified atom stereocenters. The summed E-state index contributed by atoms with van der Waals surface area (Å²) in [6, 6.07) is 6.72. The molecule has 2 atom stereocenters. The van der Waals surface area contributed by atoms with E-state index in [9.17, 15) is 9.90 Å². The van der Waals surface area contributed by atoms with E-state index in [0.717, 1.165) is 67.1 Å². The molecule has 1 aliphatic rings. The highest BCUT2D eigenvalue weighted by Gasteiger charge is 2.48. The number of aromatic nitrogens is 2. The van der Waals surface area contributed by atoms with E-state index in [1.54, 1.807) is 22.9 Å². The van der Waals surface area contributed by atoms with E-state index in [1.165, 1.54) is 0 Å². The first-order valence-electron chi connectivity index (χ1n) is 12.8. The maximum Gasteiger partial charge on any atom is 0.261 e. The third-order valence-corrected chi connectivity index (χ3v) is 6.94. The largest absolute Gasteiger partial charge is 0.508 e. The molecule has 35 heavy (non-hydrogen) atoms. The third kappa shape index (κ3) is 5.07. The van der Waals surface area contributed by atoms with Crippen LogP contribution in [0, 0.1) is 0 Å². The van der Waals surface area contributed by atoms with Crippen molar-refractivity contribution in [3.05, 3.63) is 66.4 Å². The zero-order chi connectivity index (χ0) is 25.6. The fraction of sp³-hybridized carbons (Fsp3) is 0.448. The quantitative estimate of drug-likeness (QED) is 0.284. The molecule has 0 aliphatic carbocycles. The molecule has 0 saturated carbocycles. The topological polar surface area (TPSA) is 70.4 Å². The second-order valence-corrected chi connectivity index (χ2v) is 9.43. The number of phenolic OH excluding ortho intramolecular Hbond substituents is 1. The molecule has 0 spiro atoms. The van der Waals surface area contributed by atoms with E-state index in [2.05, 4.69) is 30.6 Å². The van der Waals surface area contributed by atoms with Crippen molar-refractivity contribution in [2.75, 3.05) is 23.3 Å². The van der Waals surface area contributed by atoms with Crippen LogP contribution in [0.1, 0.15) is 76.4 Å². The zero-order valence-corrected chi connectivity index (χ0v) is 21.8. The lowest BCUT2D eigenvalue weighted by atomic mass is 9.74. The lowest BCUT2D eigenvalue weighted by molar-refractivity contribution is 0.0763. The summed E-state index contributed by atoms with van der Waals surface area (Å²) in [6.07, 6.45) is 12.1. The van der Waals surface area contributed by atoms with Gasteiger partial charge in [-0.25, -0.2) is 0 Å². The number of unbranched alkanes of at least 4 members (excludes halogenated alkanes) is 2. The molecule has 6 nitrogen and oxygen atoms in total. The van der Waals surface area contributed by atoms with Crippen LogP contribution in [0.2, 0.25) is 0 Å². The number of rotatable bonds is 11. The molecular formula is C29H40N4O2. The number of phenols is 1. The minimum Gasteiger partial charge on any atom is -0.508 e. The Morgan fingerprint density at radius 1 is 1.23 bits per heavy atom. The number of fused-ring (bicyclic) bond motifs is 1. The van der Waals surface area contributed by atoms with Crippen LogP contribution in [0.4, 0.5) is 11.5 Å². The number of hydrogen-bond acceptors (Lipinski definition) is 5. The molecule has 6 heteroatoms. The Morgan fingerprint density at radius 2 is 1.94 bits per heavy atom. The van der Waals surface area contributed by atoms with Crippen molar-refractivity contribution in [1.29, 1.82) is 0 Å². The molecule has 2 aromatic rings. The number of anilines is 2. The Bertz CT molecular complexity index is 1100. The standard InChI is InChI=1S/C29H40N4O2/c1-7-11-12-20-32(19-10-4)26-25(22(13-8-2)14-9-3)31-33-27(26)30-21(5)29(6,28(33)35)23-15-17-24(34)18-16-23/h8-9,13-18,21,30,34H,2,7,10-12,19-20H2,1,3-6H3/b14-9-,22-13+/t21-,29?/m1/s1. The molecule has 3 rings (SSSR count). The van der Waals surface area contributed by atoms with Crippen molar-refractivity contribution in [3.8, 4) is 5.75 Å². The number of nitrogens with one attached hydrogen (secondary N) is 1. The van der Waals surface area contributed by atoms with Gasteiger partial charge in [-0.3, -0.25) is 4.79 Å². The summed E-state index contributed by atoms with van der Waals surface area (Å²) < 4.78 is 1.56. The van der Waals surface area contributed by atoms with E-state index in [4.69, 9.17) is 5.10 Å². The van der Waals surface area contributed by atoms with Crippen LogP contribution in [0.15, 0.2) is 55.1 Å². The van der Waals surface area contributed by atoms with Gasteiger partial charge >= 0.3 is 0 Å². The number of carbonyl (C=O) groups is 1. The molecule has 0 radical (unpaired) electrons. The fourth-order valence-electron chi connectivity index (χ4n) is 4.79. The summed E-state index contributed by atoms with van der Waals surface area (Å²) >= 11 is 0. The van der Waals surface area contributed by atoms with Crippen LogP contribution in [-0.2, 0) is 5.41 Å². The summed E-state index contributed by atoms with van der Waals surface area (Å²) in [5.74, 6) is 0.844. The van der Waals surface area contributed by atoms with Crippen LogP contribution in [0.5, 0.6) is 5.75 Å². The minimum absolute atomic E-state index is 0.0830. The summed E-state index contributed by atoms with van der Waals surface area (Å²) in [4.78, 5) is 16.5. The van der Waals surface area contributed by atoms with Crippen LogP contribution in [0.25, 0.3) is 5.57 Å². The highest BCUT2D eigenvalue weighted by Crippen LogP contribution is 2.43. The van der Waals surface area contributed by atoms with E-state index < -0.39 is 5.41 Å². The number of benzene rings is 1. The molecule has 2 heterocycles. The molecule has 1 aliphatic heterocycles. The van der Waals surface area contributed by atoms with Crippen molar-refractivity contribution in [3.63, 3.8) is 0 Å². The van der Waals surface area contributed by atoms with E-state index in [1.807, 2.05) is 51.1 Å². The zero-order valence-electron chi connectivity index (χ0n) is 21.8. The number of allylic oxidation sites excluding steroid dienone is 5. The monoisotopic (exact) mass is 476 g/mol. The maximum absolute atomic E-state index is 14.1. The summed E-state index contributed by atoms with van der Waals surface area (Å²) in [7, 11) is 0. The molecule has 1 aromatic carbocycles. The van der Waals surface area contributed by atoms with Gasteiger partial charge in [0.2, 0.25) is 0 Å². The molecule has 0 bridgehead atoms. The first-order valence-corrected chi connectivity index (χ1v) is 12.8. The Labute approximate surface area is 210 Å². The van der Waals surface area contributed by atoms with Gasteiger partial charge in [-0.05, 0) is 51.3 Å². The predicted molar refractivity (Wildman–Crippen MR) is 146 cm³/mol. The van der Waals surface area contributed by atoms with Gasteiger partial charge in [0.15, 0.2) is 5.82 Å². The van der Waals surface area contributed by atoms with Crippen molar-refractivity contribution >= 4 is 23.0 Å². The Hall–Kier alpha value is -3.28. The van der Waals surface area contributed by atoms with Crippen molar-refractivity contribution in [2.24, 2.45) is 0 Å². The molecule has 188 valence electrons. The second-order valence-electron chi connectivity index (χ2n) is 9.43. The highest BCUT2D eigenvalue weighted by atomic mass is 16.3. The van der Waals surface area contributed by atoms with Crippen LogP contribution in [0.3, 0.4) is 0 Å². The number of carbonyl (C=O) groups excluding carboxylic acids is 1. The molecule has 1 aromatic heterocycles. The summed E-state index contributed by atoms with van der Waals surface area (Å²) in [5, 5.41) is 18.4. The number of aromatic hydroxyl groups is 1. The van der Waals surface area contributed by atoms with Gasteiger partial charge in [-0.2, -0.15) is 9.78 Å². The molecule has 0 amide bonds. The molecule has 2 N–H and O–H groups in total. The van der Waals surface area contributed by atoms with E-state index in [0.29, 0.717) is 0 Å². The van der Waals surface area contributed by atoms with Gasteiger partial charge in [0.1, 0.15) is 17.1 Å². The predicted octanol–water partition coefficient (Wildman–Crippen LogP) is 6.55. The van der Waals surface area contributed by atoms with Gasteiger partial charge in [0.05, 0.1) is 5.41 Å². The SMILES string of the molecule is C=C/C=C(\C=C/C)c1nn2c(c1N(CCC)CCCCC)N[C@H](C)C(C)(c1ccc(O)cc1)C2=O. The van der Waals surface area contributed by atoms with Crippen molar-refractivity contribution in [2.45, 2.75) is 71.8 Å². The normalized spacial score (nSPS) is 20.1. The fourth-order valence-corrected chi connectivity index (χ4v) is 4.79.